The molecule has 0 atom stereocenters. The van der Waals surface area contributed by atoms with Gasteiger partial charge in [0.05, 0.1) is 12.0 Å². The molecule has 0 bridgehead atoms. The summed E-state index contributed by atoms with van der Waals surface area (Å²) in [7, 11) is 0. The summed E-state index contributed by atoms with van der Waals surface area (Å²) in [4.78, 5) is 18.3. The minimum Gasteiger partial charge on any atom is -0.335 e. The van der Waals surface area contributed by atoms with Crippen LogP contribution in [-0.4, -0.2) is 21.8 Å². The molecule has 24 heavy (non-hydrogen) atoms. The molecule has 0 unspecified atom stereocenters. The Kier molecular flexibility index (Phi) is 4.55. The van der Waals surface area contributed by atoms with E-state index < -0.39 is 11.7 Å². The molecule has 3 nitrogen and oxygen atoms in total. The zero-order valence-electron chi connectivity index (χ0n) is 13.0. The number of aromatic nitrogens is 1. The normalized spacial score (nSPS) is 14.5. The maximum atomic E-state index is 12.8. The van der Waals surface area contributed by atoms with E-state index in [0.717, 1.165) is 30.5 Å². The number of halogens is 3. The van der Waals surface area contributed by atoms with Crippen LogP contribution in [0.4, 0.5) is 13.2 Å². The number of alkyl halides is 3. The molecule has 126 valence electrons. The fourth-order valence-corrected chi connectivity index (χ4v) is 2.63. The Labute approximate surface area is 138 Å². The topological polar surface area (TPSA) is 33.2 Å². The molecule has 6 heteroatoms. The molecule has 2 aromatic rings. The van der Waals surface area contributed by atoms with Crippen molar-refractivity contribution in [1.82, 2.24) is 9.88 Å². The first kappa shape index (κ1) is 16.5. The Morgan fingerprint density at radius 1 is 1.12 bits per heavy atom. The van der Waals surface area contributed by atoms with Gasteiger partial charge in [-0.2, -0.15) is 13.2 Å². The van der Waals surface area contributed by atoms with Gasteiger partial charge in [0.1, 0.15) is 0 Å². The van der Waals surface area contributed by atoms with Gasteiger partial charge in [-0.05, 0) is 42.2 Å². The molecule has 0 N–H and O–H groups in total. The first-order valence-corrected chi connectivity index (χ1v) is 7.78. The Morgan fingerprint density at radius 2 is 1.83 bits per heavy atom. The Bertz CT molecular complexity index is 712. The standard InChI is InChI=1S/C18H17F3N2O/c19-18(20,21)15-3-1-2-14(10-15)11-17(24)23(16-4-5-16)12-13-6-8-22-9-7-13/h1-3,6-10,16H,4-5,11-12H2. The number of carbonyl (C=O) groups excluding carboxylic acids is 1. The summed E-state index contributed by atoms with van der Waals surface area (Å²) in [5.41, 5.74) is 0.629. The number of amides is 1. The third kappa shape index (κ3) is 4.13. The largest absolute Gasteiger partial charge is 0.416 e. The molecule has 0 saturated heterocycles. The van der Waals surface area contributed by atoms with E-state index in [-0.39, 0.29) is 18.4 Å². The maximum absolute atomic E-state index is 12.8. The fraction of sp³-hybridized carbons (Fsp3) is 0.333. The second-order valence-corrected chi connectivity index (χ2v) is 5.98. The lowest BCUT2D eigenvalue weighted by molar-refractivity contribution is -0.138. The number of benzene rings is 1. The highest BCUT2D eigenvalue weighted by Gasteiger charge is 2.33. The smallest absolute Gasteiger partial charge is 0.335 e. The molecule has 3 rings (SSSR count). The van der Waals surface area contributed by atoms with Gasteiger partial charge in [-0.15, -0.1) is 0 Å². The van der Waals surface area contributed by atoms with Gasteiger partial charge in [0.15, 0.2) is 0 Å². The highest BCUT2D eigenvalue weighted by Crippen LogP contribution is 2.31. The van der Waals surface area contributed by atoms with E-state index in [2.05, 4.69) is 4.98 Å². The third-order valence-electron chi connectivity index (χ3n) is 4.02. The molecule has 0 radical (unpaired) electrons. The van der Waals surface area contributed by atoms with Crippen LogP contribution in [0.25, 0.3) is 0 Å². The molecule has 1 aromatic heterocycles. The SMILES string of the molecule is O=C(Cc1cccc(C(F)(F)F)c1)N(Cc1ccncc1)C1CC1. The van der Waals surface area contributed by atoms with E-state index >= 15 is 0 Å². The van der Waals surface area contributed by atoms with E-state index in [9.17, 15) is 18.0 Å². The first-order valence-electron chi connectivity index (χ1n) is 7.78. The molecular weight excluding hydrogens is 317 g/mol. The van der Waals surface area contributed by atoms with Gasteiger partial charge in [-0.3, -0.25) is 9.78 Å². The van der Waals surface area contributed by atoms with Crippen molar-refractivity contribution in [1.29, 1.82) is 0 Å². The highest BCUT2D eigenvalue weighted by atomic mass is 19.4. The van der Waals surface area contributed by atoms with Gasteiger partial charge in [0, 0.05) is 25.0 Å². The van der Waals surface area contributed by atoms with E-state index in [4.69, 9.17) is 0 Å². The predicted molar refractivity (Wildman–Crippen MR) is 83.0 cm³/mol. The van der Waals surface area contributed by atoms with Crippen LogP contribution in [0.15, 0.2) is 48.8 Å². The molecule has 0 aliphatic heterocycles. The third-order valence-corrected chi connectivity index (χ3v) is 4.02. The number of hydrogen-bond donors (Lipinski definition) is 0. The van der Waals surface area contributed by atoms with E-state index in [1.807, 2.05) is 12.1 Å². The van der Waals surface area contributed by atoms with Gasteiger partial charge in [0.2, 0.25) is 5.91 Å². The lowest BCUT2D eigenvalue weighted by Crippen LogP contribution is -2.33. The molecule has 1 aliphatic rings. The first-order chi connectivity index (χ1) is 11.4. The van der Waals surface area contributed by atoms with Crippen molar-refractivity contribution in [2.45, 2.75) is 38.0 Å². The molecular formula is C18H17F3N2O. The van der Waals surface area contributed by atoms with Crippen molar-refractivity contribution in [3.63, 3.8) is 0 Å². The van der Waals surface area contributed by atoms with Crippen LogP contribution in [0, 0.1) is 0 Å². The fourth-order valence-electron chi connectivity index (χ4n) is 2.63. The van der Waals surface area contributed by atoms with Crippen molar-refractivity contribution < 1.29 is 18.0 Å². The molecule has 1 aliphatic carbocycles. The van der Waals surface area contributed by atoms with Crippen LogP contribution in [0.2, 0.25) is 0 Å². The van der Waals surface area contributed by atoms with E-state index in [0.29, 0.717) is 12.1 Å². The lowest BCUT2D eigenvalue weighted by atomic mass is 10.1. The number of hydrogen-bond acceptors (Lipinski definition) is 2. The molecule has 1 saturated carbocycles. The molecule has 1 heterocycles. The summed E-state index contributed by atoms with van der Waals surface area (Å²) in [5, 5.41) is 0. The summed E-state index contributed by atoms with van der Waals surface area (Å²) >= 11 is 0. The van der Waals surface area contributed by atoms with Crippen LogP contribution in [-0.2, 0) is 23.9 Å². The summed E-state index contributed by atoms with van der Waals surface area (Å²) in [6.45, 7) is 0.463. The summed E-state index contributed by atoms with van der Waals surface area (Å²) in [6, 6.07) is 8.84. The second kappa shape index (κ2) is 6.63. The number of rotatable bonds is 5. The molecule has 0 spiro atoms. The van der Waals surface area contributed by atoms with Crippen molar-refractivity contribution in [2.75, 3.05) is 0 Å². The lowest BCUT2D eigenvalue weighted by Gasteiger charge is -2.23. The number of carbonyl (C=O) groups is 1. The second-order valence-electron chi connectivity index (χ2n) is 5.98. The Hall–Kier alpha value is -2.37. The number of nitrogens with zero attached hydrogens (tertiary/aromatic N) is 2. The van der Waals surface area contributed by atoms with Crippen molar-refractivity contribution in [3.8, 4) is 0 Å². The van der Waals surface area contributed by atoms with Gasteiger partial charge in [-0.25, -0.2) is 0 Å². The number of pyridine rings is 1. The summed E-state index contributed by atoms with van der Waals surface area (Å²) < 4.78 is 38.4. The van der Waals surface area contributed by atoms with E-state index in [1.54, 1.807) is 23.4 Å². The summed E-state index contributed by atoms with van der Waals surface area (Å²) in [6.07, 6.45) is 0.798. The van der Waals surface area contributed by atoms with Crippen molar-refractivity contribution >= 4 is 5.91 Å². The average Bonchev–Trinajstić information content (AvgIpc) is 3.38. The van der Waals surface area contributed by atoms with Crippen molar-refractivity contribution in [2.24, 2.45) is 0 Å². The Balaban J connectivity index is 1.72. The van der Waals surface area contributed by atoms with Crippen LogP contribution < -0.4 is 0 Å². The van der Waals surface area contributed by atoms with Crippen molar-refractivity contribution in [3.05, 3.63) is 65.5 Å². The van der Waals surface area contributed by atoms with Crippen LogP contribution in [0.5, 0.6) is 0 Å². The molecule has 1 amide bonds. The zero-order chi connectivity index (χ0) is 17.2. The van der Waals surface area contributed by atoms with Gasteiger partial charge >= 0.3 is 6.18 Å². The predicted octanol–water partition coefficient (Wildman–Crippen LogP) is 3.83. The monoisotopic (exact) mass is 334 g/mol. The van der Waals surface area contributed by atoms with E-state index in [1.165, 1.54) is 6.07 Å². The van der Waals surface area contributed by atoms with Crippen LogP contribution in [0.3, 0.4) is 0 Å². The molecule has 1 aromatic carbocycles. The minimum atomic E-state index is -4.40. The van der Waals surface area contributed by atoms with Gasteiger partial charge in [-0.1, -0.05) is 18.2 Å². The van der Waals surface area contributed by atoms with Crippen LogP contribution >= 0.6 is 0 Å². The zero-order valence-corrected chi connectivity index (χ0v) is 13.0. The molecule has 1 fully saturated rings. The van der Waals surface area contributed by atoms with Crippen LogP contribution in [0.1, 0.15) is 29.5 Å². The van der Waals surface area contributed by atoms with Gasteiger partial charge < -0.3 is 4.90 Å². The average molecular weight is 334 g/mol. The highest BCUT2D eigenvalue weighted by molar-refractivity contribution is 5.79. The quantitative estimate of drug-likeness (QED) is 0.832. The van der Waals surface area contributed by atoms with Gasteiger partial charge in [0.25, 0.3) is 0 Å². The summed E-state index contributed by atoms with van der Waals surface area (Å²) in [5.74, 6) is -0.145. The Morgan fingerprint density at radius 3 is 2.46 bits per heavy atom. The minimum absolute atomic E-state index is 0.0223. The maximum Gasteiger partial charge on any atom is 0.416 e.